The van der Waals surface area contributed by atoms with E-state index >= 15 is 0 Å². The highest BCUT2D eigenvalue weighted by molar-refractivity contribution is 5.39. The first-order chi connectivity index (χ1) is 6.50. The van der Waals surface area contributed by atoms with Crippen molar-refractivity contribution in [2.75, 3.05) is 0 Å². The lowest BCUT2D eigenvalue weighted by atomic mass is 9.88. The third-order valence-electron chi connectivity index (χ3n) is 2.29. The largest absolute Gasteiger partial charge is 0.386 e. The van der Waals surface area contributed by atoms with Crippen molar-refractivity contribution in [1.82, 2.24) is 0 Å². The first kappa shape index (κ1) is 11.2. The van der Waals surface area contributed by atoms with Crippen LogP contribution in [0, 0.1) is 0 Å². The summed E-state index contributed by atoms with van der Waals surface area (Å²) in [7, 11) is 0. The number of nitrogens with two attached hydrogens (primary N) is 2. The molecule has 1 aromatic carbocycles. The fourth-order valence-corrected chi connectivity index (χ4v) is 1.78. The molecule has 0 aliphatic heterocycles. The van der Waals surface area contributed by atoms with Crippen molar-refractivity contribution in [3.63, 3.8) is 0 Å². The van der Waals surface area contributed by atoms with E-state index in [0.717, 1.165) is 16.7 Å². The highest BCUT2D eigenvalue weighted by Crippen LogP contribution is 2.27. The van der Waals surface area contributed by atoms with Crippen LogP contribution in [0.4, 0.5) is 0 Å². The normalized spacial score (nSPS) is 11.8. The van der Waals surface area contributed by atoms with E-state index in [1.54, 1.807) is 13.8 Å². The molecule has 1 rings (SSSR count). The lowest BCUT2D eigenvalue weighted by molar-refractivity contribution is 0.0766. The van der Waals surface area contributed by atoms with Gasteiger partial charge in [-0.1, -0.05) is 18.2 Å². The van der Waals surface area contributed by atoms with Crippen molar-refractivity contribution in [2.24, 2.45) is 11.5 Å². The van der Waals surface area contributed by atoms with Crippen molar-refractivity contribution < 1.29 is 5.11 Å². The summed E-state index contributed by atoms with van der Waals surface area (Å²) in [6.45, 7) is 4.35. The van der Waals surface area contributed by atoms with E-state index in [1.165, 1.54) is 0 Å². The minimum absolute atomic E-state index is 0.424. The maximum Gasteiger partial charge on any atom is 0.0846 e. The van der Waals surface area contributed by atoms with Crippen LogP contribution >= 0.6 is 0 Å². The van der Waals surface area contributed by atoms with Crippen molar-refractivity contribution >= 4 is 0 Å². The Hall–Kier alpha value is -0.900. The highest BCUT2D eigenvalue weighted by atomic mass is 16.3. The average molecular weight is 194 g/mol. The summed E-state index contributed by atoms with van der Waals surface area (Å²) in [6, 6.07) is 5.76. The van der Waals surface area contributed by atoms with Gasteiger partial charge in [-0.2, -0.15) is 0 Å². The predicted octanol–water partition coefficient (Wildman–Crippen LogP) is 0.831. The Morgan fingerprint density at radius 1 is 1.14 bits per heavy atom. The van der Waals surface area contributed by atoms with Gasteiger partial charge in [0.1, 0.15) is 0 Å². The second kappa shape index (κ2) is 4.09. The van der Waals surface area contributed by atoms with Gasteiger partial charge in [-0.25, -0.2) is 0 Å². The molecule has 0 saturated carbocycles. The molecule has 78 valence electrons. The Balaban J connectivity index is 3.34. The quantitative estimate of drug-likeness (QED) is 0.667. The first-order valence-corrected chi connectivity index (χ1v) is 4.74. The molecule has 0 amide bonds. The minimum atomic E-state index is -0.884. The molecule has 0 aliphatic rings. The van der Waals surface area contributed by atoms with Crippen LogP contribution < -0.4 is 11.5 Å². The Morgan fingerprint density at radius 2 is 1.57 bits per heavy atom. The van der Waals surface area contributed by atoms with Gasteiger partial charge < -0.3 is 16.6 Å². The molecule has 5 N–H and O–H groups in total. The van der Waals surface area contributed by atoms with Crippen molar-refractivity contribution in [3.8, 4) is 0 Å². The van der Waals surface area contributed by atoms with Crippen molar-refractivity contribution in [3.05, 3.63) is 34.9 Å². The van der Waals surface area contributed by atoms with Gasteiger partial charge in [0.2, 0.25) is 0 Å². The number of hydrogen-bond donors (Lipinski definition) is 3. The van der Waals surface area contributed by atoms with E-state index in [0.29, 0.717) is 13.1 Å². The Morgan fingerprint density at radius 3 is 1.86 bits per heavy atom. The molecule has 0 aromatic heterocycles. The number of rotatable bonds is 3. The number of benzene rings is 1. The monoisotopic (exact) mass is 194 g/mol. The molecule has 0 fully saturated rings. The summed E-state index contributed by atoms with van der Waals surface area (Å²) >= 11 is 0. The summed E-state index contributed by atoms with van der Waals surface area (Å²) in [5, 5.41) is 10.0. The fraction of sp³-hybridized carbons (Fsp3) is 0.455. The van der Waals surface area contributed by atoms with Gasteiger partial charge in [0.15, 0.2) is 0 Å². The number of hydrogen-bond acceptors (Lipinski definition) is 3. The van der Waals surface area contributed by atoms with Gasteiger partial charge >= 0.3 is 0 Å². The zero-order chi connectivity index (χ0) is 10.8. The van der Waals surface area contributed by atoms with Crippen LogP contribution in [-0.4, -0.2) is 5.11 Å². The Labute approximate surface area is 84.7 Å². The highest BCUT2D eigenvalue weighted by Gasteiger charge is 2.22. The van der Waals surface area contributed by atoms with Gasteiger partial charge in [-0.05, 0) is 30.5 Å². The van der Waals surface area contributed by atoms with E-state index in [4.69, 9.17) is 11.5 Å². The van der Waals surface area contributed by atoms with Gasteiger partial charge in [0, 0.05) is 13.1 Å². The molecule has 0 spiro atoms. The third kappa shape index (κ3) is 2.12. The maximum absolute atomic E-state index is 10.0. The molecule has 1 aromatic rings. The molecule has 3 nitrogen and oxygen atoms in total. The summed E-state index contributed by atoms with van der Waals surface area (Å²) < 4.78 is 0. The smallest absolute Gasteiger partial charge is 0.0846 e. The van der Waals surface area contributed by atoms with E-state index in [2.05, 4.69) is 0 Å². The van der Waals surface area contributed by atoms with Crippen LogP contribution in [0.25, 0.3) is 0 Å². The molecule has 14 heavy (non-hydrogen) atoms. The van der Waals surface area contributed by atoms with Crippen molar-refractivity contribution in [2.45, 2.75) is 32.5 Å². The molecular weight excluding hydrogens is 176 g/mol. The predicted molar refractivity (Wildman–Crippen MR) is 57.5 cm³/mol. The topological polar surface area (TPSA) is 72.3 Å². The second-order valence-electron chi connectivity index (χ2n) is 3.92. The fourth-order valence-electron chi connectivity index (χ4n) is 1.78. The lowest BCUT2D eigenvalue weighted by Gasteiger charge is -2.24. The summed E-state index contributed by atoms with van der Waals surface area (Å²) in [4.78, 5) is 0. The van der Waals surface area contributed by atoms with Gasteiger partial charge in [-0.3, -0.25) is 0 Å². The minimum Gasteiger partial charge on any atom is -0.386 e. The zero-order valence-electron chi connectivity index (χ0n) is 8.75. The third-order valence-corrected chi connectivity index (χ3v) is 2.29. The lowest BCUT2D eigenvalue weighted by Crippen LogP contribution is -2.22. The van der Waals surface area contributed by atoms with Crippen LogP contribution in [0.2, 0.25) is 0 Å². The molecule has 0 unspecified atom stereocenters. The maximum atomic E-state index is 10.0. The molecular formula is C11H18N2O. The van der Waals surface area contributed by atoms with Crippen LogP contribution in [0.15, 0.2) is 18.2 Å². The molecule has 0 aliphatic carbocycles. The second-order valence-corrected chi connectivity index (χ2v) is 3.92. The molecule has 3 heteroatoms. The standard InChI is InChI=1S/C11H18N2O/c1-11(2,14)10-8(6-12)4-3-5-9(10)7-13/h3-5,14H,6-7,12-13H2,1-2H3. The van der Waals surface area contributed by atoms with E-state index in [1.807, 2.05) is 18.2 Å². The first-order valence-electron chi connectivity index (χ1n) is 4.74. The molecule has 0 heterocycles. The SMILES string of the molecule is CC(C)(O)c1c(CN)cccc1CN. The van der Waals surface area contributed by atoms with E-state index in [9.17, 15) is 5.11 Å². The van der Waals surface area contributed by atoms with E-state index < -0.39 is 5.60 Å². The van der Waals surface area contributed by atoms with Gasteiger partial charge in [0.05, 0.1) is 5.60 Å². The summed E-state index contributed by atoms with van der Waals surface area (Å²) in [5.74, 6) is 0. The van der Waals surface area contributed by atoms with Crippen LogP contribution in [0.5, 0.6) is 0 Å². The average Bonchev–Trinajstić information content (AvgIpc) is 2.15. The van der Waals surface area contributed by atoms with Gasteiger partial charge in [-0.15, -0.1) is 0 Å². The van der Waals surface area contributed by atoms with E-state index in [-0.39, 0.29) is 0 Å². The summed E-state index contributed by atoms with van der Waals surface area (Å²) in [5.41, 5.74) is 13.1. The molecule has 0 radical (unpaired) electrons. The Kier molecular flexibility index (Phi) is 3.26. The summed E-state index contributed by atoms with van der Waals surface area (Å²) in [6.07, 6.45) is 0. The number of aliphatic hydroxyl groups is 1. The van der Waals surface area contributed by atoms with Gasteiger partial charge in [0.25, 0.3) is 0 Å². The zero-order valence-corrected chi connectivity index (χ0v) is 8.75. The van der Waals surface area contributed by atoms with Crippen LogP contribution in [0.1, 0.15) is 30.5 Å². The van der Waals surface area contributed by atoms with Crippen molar-refractivity contribution in [1.29, 1.82) is 0 Å². The van der Waals surface area contributed by atoms with Crippen LogP contribution in [0.3, 0.4) is 0 Å². The molecule has 0 atom stereocenters. The molecule has 0 bridgehead atoms. The molecule has 0 saturated heterocycles. The van der Waals surface area contributed by atoms with Crippen LogP contribution in [-0.2, 0) is 18.7 Å². The Bertz CT molecular complexity index is 293.